The molecule has 0 spiro atoms. The Labute approximate surface area is 127 Å². The normalized spacial score (nSPS) is 15.0. The lowest BCUT2D eigenvalue weighted by atomic mass is 10.3. The van der Waals surface area contributed by atoms with Gasteiger partial charge < -0.3 is 19.9 Å². The summed E-state index contributed by atoms with van der Waals surface area (Å²) in [5, 5.41) is 3.69. The van der Waals surface area contributed by atoms with Crippen LogP contribution in [0.1, 0.15) is 22.3 Å². The van der Waals surface area contributed by atoms with E-state index in [2.05, 4.69) is 10.3 Å². The van der Waals surface area contributed by atoms with Gasteiger partial charge in [0.25, 0.3) is 5.91 Å². The molecule has 0 aromatic carbocycles. The van der Waals surface area contributed by atoms with Gasteiger partial charge in [-0.1, -0.05) is 11.3 Å². The van der Waals surface area contributed by atoms with E-state index in [4.69, 9.17) is 4.74 Å². The minimum Gasteiger partial charge on any atom is -0.450 e. The average Bonchev–Trinajstić information content (AvgIpc) is 2.88. The van der Waals surface area contributed by atoms with Crippen LogP contribution in [0.4, 0.5) is 9.93 Å². The van der Waals surface area contributed by atoms with Crippen LogP contribution in [0.15, 0.2) is 0 Å². The van der Waals surface area contributed by atoms with Gasteiger partial charge in [-0.15, -0.1) is 0 Å². The number of thiazole rings is 1. The number of anilines is 1. The second kappa shape index (κ2) is 6.75. The first-order valence-corrected chi connectivity index (χ1v) is 7.74. The van der Waals surface area contributed by atoms with Crippen molar-refractivity contribution in [1.29, 1.82) is 0 Å². The van der Waals surface area contributed by atoms with Gasteiger partial charge in [-0.05, 0) is 13.8 Å². The SMILES string of the molecule is CCOC(=O)N1CCN(C(=O)c2sc(NC)nc2C)CC1. The molecule has 1 aliphatic rings. The molecular formula is C13H20N4O3S. The van der Waals surface area contributed by atoms with E-state index in [1.54, 1.807) is 23.8 Å². The van der Waals surface area contributed by atoms with Gasteiger partial charge in [0.1, 0.15) is 4.88 Å². The second-order valence-corrected chi connectivity index (χ2v) is 5.66. The molecule has 1 fully saturated rings. The van der Waals surface area contributed by atoms with Crippen molar-refractivity contribution in [2.24, 2.45) is 0 Å². The van der Waals surface area contributed by atoms with Gasteiger partial charge in [0.2, 0.25) is 0 Å². The number of nitrogens with zero attached hydrogens (tertiary/aromatic N) is 3. The smallest absolute Gasteiger partial charge is 0.409 e. The summed E-state index contributed by atoms with van der Waals surface area (Å²) in [6, 6.07) is 0. The van der Waals surface area contributed by atoms with Crippen LogP contribution < -0.4 is 5.32 Å². The standard InChI is InChI=1S/C13H20N4O3S/c1-4-20-13(19)17-7-5-16(6-8-17)11(18)10-9(2)15-12(14-3)21-10/h4-8H2,1-3H3,(H,14,15). The number of hydrogen-bond acceptors (Lipinski definition) is 6. The van der Waals surface area contributed by atoms with E-state index in [1.165, 1.54) is 11.3 Å². The molecule has 1 aromatic heterocycles. The summed E-state index contributed by atoms with van der Waals surface area (Å²) in [5.74, 6) is -0.0185. The predicted octanol–water partition coefficient (Wildman–Crippen LogP) is 1.41. The molecule has 2 heterocycles. The molecule has 1 saturated heterocycles. The van der Waals surface area contributed by atoms with Crippen molar-refractivity contribution in [1.82, 2.24) is 14.8 Å². The van der Waals surface area contributed by atoms with Crippen molar-refractivity contribution in [2.45, 2.75) is 13.8 Å². The lowest BCUT2D eigenvalue weighted by Gasteiger charge is -2.33. The van der Waals surface area contributed by atoms with Crippen molar-refractivity contribution >= 4 is 28.5 Å². The van der Waals surface area contributed by atoms with Gasteiger partial charge in [-0.2, -0.15) is 0 Å². The third-order valence-corrected chi connectivity index (χ3v) is 4.46. The summed E-state index contributed by atoms with van der Waals surface area (Å²) in [7, 11) is 1.78. The summed E-state index contributed by atoms with van der Waals surface area (Å²) in [4.78, 5) is 32.4. The maximum absolute atomic E-state index is 12.5. The van der Waals surface area contributed by atoms with E-state index in [0.717, 1.165) is 10.8 Å². The number of aryl methyl sites for hydroxylation is 1. The third-order valence-electron chi connectivity index (χ3n) is 3.30. The fraction of sp³-hybridized carbons (Fsp3) is 0.615. The highest BCUT2D eigenvalue weighted by Gasteiger charge is 2.27. The van der Waals surface area contributed by atoms with Gasteiger partial charge in [0, 0.05) is 33.2 Å². The van der Waals surface area contributed by atoms with Crippen molar-refractivity contribution in [2.75, 3.05) is 45.2 Å². The van der Waals surface area contributed by atoms with Crippen LogP contribution in [-0.2, 0) is 4.74 Å². The number of nitrogens with one attached hydrogen (secondary N) is 1. The van der Waals surface area contributed by atoms with Gasteiger partial charge in [0.05, 0.1) is 12.3 Å². The van der Waals surface area contributed by atoms with Crippen LogP contribution in [-0.4, -0.2) is 66.6 Å². The van der Waals surface area contributed by atoms with E-state index in [9.17, 15) is 9.59 Å². The Kier molecular flexibility index (Phi) is 5.00. The van der Waals surface area contributed by atoms with E-state index in [0.29, 0.717) is 37.7 Å². The summed E-state index contributed by atoms with van der Waals surface area (Å²) in [6.07, 6.45) is -0.309. The lowest BCUT2D eigenvalue weighted by molar-refractivity contribution is 0.0573. The summed E-state index contributed by atoms with van der Waals surface area (Å²) in [5.41, 5.74) is 0.738. The van der Waals surface area contributed by atoms with Crippen LogP contribution in [0.5, 0.6) is 0 Å². The van der Waals surface area contributed by atoms with Crippen molar-refractivity contribution in [3.8, 4) is 0 Å². The molecule has 2 amide bonds. The molecule has 0 aliphatic carbocycles. The lowest BCUT2D eigenvalue weighted by Crippen LogP contribution is -2.50. The zero-order valence-corrected chi connectivity index (χ0v) is 13.3. The molecule has 0 unspecified atom stereocenters. The number of hydrogen-bond donors (Lipinski definition) is 1. The Balaban J connectivity index is 1.96. The molecule has 2 rings (SSSR count). The molecule has 1 aliphatic heterocycles. The zero-order chi connectivity index (χ0) is 15.4. The fourth-order valence-corrected chi connectivity index (χ4v) is 3.04. The maximum atomic E-state index is 12.5. The number of amides is 2. The Hall–Kier alpha value is -1.83. The first kappa shape index (κ1) is 15.6. The number of carbonyl (C=O) groups excluding carboxylic acids is 2. The van der Waals surface area contributed by atoms with Crippen LogP contribution in [0.3, 0.4) is 0 Å². The average molecular weight is 312 g/mol. The molecule has 8 heteroatoms. The summed E-state index contributed by atoms with van der Waals surface area (Å²) >= 11 is 1.36. The summed E-state index contributed by atoms with van der Waals surface area (Å²) < 4.78 is 4.97. The molecule has 0 atom stereocenters. The van der Waals surface area contributed by atoms with Gasteiger partial charge >= 0.3 is 6.09 Å². The van der Waals surface area contributed by atoms with Crippen molar-refractivity contribution in [3.63, 3.8) is 0 Å². The highest BCUT2D eigenvalue weighted by Crippen LogP contribution is 2.24. The van der Waals surface area contributed by atoms with Gasteiger partial charge in [-0.3, -0.25) is 4.79 Å². The molecule has 0 bridgehead atoms. The molecular weight excluding hydrogens is 292 g/mol. The molecule has 116 valence electrons. The number of aromatic nitrogens is 1. The number of carbonyl (C=O) groups is 2. The van der Waals surface area contributed by atoms with Crippen LogP contribution >= 0.6 is 11.3 Å². The maximum Gasteiger partial charge on any atom is 0.409 e. The second-order valence-electron chi connectivity index (χ2n) is 4.66. The minimum atomic E-state index is -0.309. The van der Waals surface area contributed by atoms with Crippen LogP contribution in [0.2, 0.25) is 0 Å². The Bertz CT molecular complexity index is 523. The minimum absolute atomic E-state index is 0.0185. The Morgan fingerprint density at radius 3 is 2.43 bits per heavy atom. The molecule has 0 saturated carbocycles. The molecule has 1 aromatic rings. The third kappa shape index (κ3) is 3.44. The van der Waals surface area contributed by atoms with Crippen LogP contribution in [0, 0.1) is 6.92 Å². The molecule has 1 N–H and O–H groups in total. The highest BCUT2D eigenvalue weighted by molar-refractivity contribution is 7.17. The predicted molar refractivity (Wildman–Crippen MR) is 80.9 cm³/mol. The Morgan fingerprint density at radius 2 is 1.90 bits per heavy atom. The van der Waals surface area contributed by atoms with Crippen LogP contribution in [0.25, 0.3) is 0 Å². The van der Waals surface area contributed by atoms with E-state index >= 15 is 0 Å². The molecule has 0 radical (unpaired) electrons. The van der Waals surface area contributed by atoms with E-state index in [-0.39, 0.29) is 12.0 Å². The molecule has 21 heavy (non-hydrogen) atoms. The number of ether oxygens (including phenoxy) is 1. The largest absolute Gasteiger partial charge is 0.450 e. The van der Waals surface area contributed by atoms with Gasteiger partial charge in [0.15, 0.2) is 5.13 Å². The topological polar surface area (TPSA) is 74.8 Å². The zero-order valence-electron chi connectivity index (χ0n) is 12.5. The van der Waals surface area contributed by atoms with Crippen molar-refractivity contribution < 1.29 is 14.3 Å². The Morgan fingerprint density at radius 1 is 1.29 bits per heavy atom. The summed E-state index contributed by atoms with van der Waals surface area (Å²) in [6.45, 7) is 6.02. The van der Waals surface area contributed by atoms with E-state index in [1.807, 2.05) is 6.92 Å². The van der Waals surface area contributed by atoms with Crippen molar-refractivity contribution in [3.05, 3.63) is 10.6 Å². The number of rotatable bonds is 3. The highest BCUT2D eigenvalue weighted by atomic mass is 32.1. The fourth-order valence-electron chi connectivity index (χ4n) is 2.15. The first-order valence-electron chi connectivity index (χ1n) is 6.93. The molecule has 7 nitrogen and oxygen atoms in total. The van der Waals surface area contributed by atoms with E-state index < -0.39 is 0 Å². The number of piperazine rings is 1. The monoisotopic (exact) mass is 312 g/mol. The van der Waals surface area contributed by atoms with Gasteiger partial charge in [-0.25, -0.2) is 9.78 Å². The first-order chi connectivity index (χ1) is 10.1. The quantitative estimate of drug-likeness (QED) is 0.913.